The van der Waals surface area contributed by atoms with Gasteiger partial charge in [0.05, 0.1) is 17.1 Å². The Labute approximate surface area is 193 Å². The Morgan fingerprint density at radius 3 is 2.39 bits per heavy atom. The molecule has 1 aliphatic rings. The molecule has 168 valence electrons. The van der Waals surface area contributed by atoms with E-state index in [0.29, 0.717) is 22.8 Å². The molecule has 9 heteroatoms. The molecule has 5 rings (SSSR count). The minimum absolute atomic E-state index is 0.212. The number of hydrogen-bond acceptors (Lipinski definition) is 4. The summed E-state index contributed by atoms with van der Waals surface area (Å²) >= 11 is 1.37. The first-order valence-corrected chi connectivity index (χ1v) is 11.5. The van der Waals surface area contributed by atoms with Gasteiger partial charge in [0.15, 0.2) is 0 Å². The van der Waals surface area contributed by atoms with Crippen LogP contribution in [-0.2, 0) is 6.54 Å². The number of rotatable bonds is 6. The summed E-state index contributed by atoms with van der Waals surface area (Å²) < 4.78 is 15.0. The lowest BCUT2D eigenvalue weighted by molar-refractivity contribution is 0.103. The third-order valence-corrected chi connectivity index (χ3v) is 6.54. The normalized spacial score (nSPS) is 13.2. The summed E-state index contributed by atoms with van der Waals surface area (Å²) in [6.07, 6.45) is 2.06. The van der Waals surface area contributed by atoms with Crippen LogP contribution < -0.4 is 16.0 Å². The monoisotopic (exact) mass is 463 g/mol. The van der Waals surface area contributed by atoms with Crippen LogP contribution in [0.1, 0.15) is 33.8 Å². The number of fused-ring (bicyclic) bond motifs is 1. The Morgan fingerprint density at radius 1 is 1.06 bits per heavy atom. The van der Waals surface area contributed by atoms with Crippen molar-refractivity contribution in [1.82, 2.24) is 15.1 Å². The first-order valence-electron chi connectivity index (χ1n) is 10.6. The Balaban J connectivity index is 1.27. The number of thiophene rings is 1. The average molecular weight is 464 g/mol. The van der Waals surface area contributed by atoms with E-state index in [1.807, 2.05) is 17.7 Å². The van der Waals surface area contributed by atoms with Crippen LogP contribution in [0.3, 0.4) is 0 Å². The van der Waals surface area contributed by atoms with Crippen LogP contribution in [0.15, 0.2) is 54.6 Å². The van der Waals surface area contributed by atoms with Gasteiger partial charge in [0.2, 0.25) is 0 Å². The van der Waals surface area contributed by atoms with E-state index in [1.54, 1.807) is 36.4 Å². The Bertz CT molecular complexity index is 1320. The Kier molecular flexibility index (Phi) is 5.55. The molecule has 2 aromatic carbocycles. The van der Waals surface area contributed by atoms with Crippen LogP contribution in [0.5, 0.6) is 0 Å². The second kappa shape index (κ2) is 8.67. The zero-order chi connectivity index (χ0) is 22.9. The first-order chi connectivity index (χ1) is 15.9. The van der Waals surface area contributed by atoms with E-state index < -0.39 is 0 Å². The van der Waals surface area contributed by atoms with Crippen molar-refractivity contribution >= 4 is 44.9 Å². The van der Waals surface area contributed by atoms with Gasteiger partial charge in [0.1, 0.15) is 10.6 Å². The van der Waals surface area contributed by atoms with Gasteiger partial charge in [-0.3, -0.25) is 9.48 Å². The van der Waals surface area contributed by atoms with Crippen LogP contribution >= 0.6 is 11.3 Å². The highest BCUT2D eigenvalue weighted by Crippen LogP contribution is 2.29. The predicted molar refractivity (Wildman–Crippen MR) is 127 cm³/mol. The number of aryl methyl sites for hydroxylation is 1. The molecule has 0 saturated heterocycles. The predicted octanol–water partition coefficient (Wildman–Crippen LogP) is 5.13. The van der Waals surface area contributed by atoms with E-state index in [1.165, 1.54) is 23.5 Å². The molecular formula is C24H22FN5O2S. The molecule has 1 aliphatic carbocycles. The molecule has 4 aromatic rings. The molecule has 1 fully saturated rings. The topological polar surface area (TPSA) is 88.1 Å². The summed E-state index contributed by atoms with van der Waals surface area (Å²) in [5, 5.41) is 14.0. The van der Waals surface area contributed by atoms with Gasteiger partial charge in [-0.25, -0.2) is 9.18 Å². The number of hydrogen-bond donors (Lipinski definition) is 3. The molecular weight excluding hydrogens is 441 g/mol. The first kappa shape index (κ1) is 21.1. The SMILES string of the molecule is Cc1nn(Cc2ccc(F)cc2)c2sc(C(=O)Nc3ccc(NC(=O)NC4CC4)cc3)cc12. The van der Waals surface area contributed by atoms with Gasteiger partial charge >= 0.3 is 6.03 Å². The number of nitrogens with zero attached hydrogens (tertiary/aromatic N) is 2. The third kappa shape index (κ3) is 4.88. The maximum atomic E-state index is 13.2. The van der Waals surface area contributed by atoms with Crippen LogP contribution in [0.25, 0.3) is 10.2 Å². The fourth-order valence-corrected chi connectivity index (χ4v) is 4.56. The molecule has 2 aromatic heterocycles. The van der Waals surface area contributed by atoms with Crippen molar-refractivity contribution in [1.29, 1.82) is 0 Å². The highest BCUT2D eigenvalue weighted by atomic mass is 32.1. The van der Waals surface area contributed by atoms with Gasteiger partial charge in [-0.1, -0.05) is 12.1 Å². The van der Waals surface area contributed by atoms with Gasteiger partial charge < -0.3 is 16.0 Å². The van der Waals surface area contributed by atoms with Crippen molar-refractivity contribution in [2.24, 2.45) is 0 Å². The van der Waals surface area contributed by atoms with E-state index in [0.717, 1.165) is 34.3 Å². The minimum atomic E-state index is -0.277. The van der Waals surface area contributed by atoms with E-state index in [9.17, 15) is 14.0 Å². The fraction of sp³-hybridized carbons (Fsp3) is 0.208. The number of amides is 3. The van der Waals surface area contributed by atoms with Crippen LogP contribution in [-0.4, -0.2) is 27.8 Å². The lowest BCUT2D eigenvalue weighted by Gasteiger charge is -2.08. The number of carbonyl (C=O) groups excluding carboxylic acids is 2. The van der Waals surface area contributed by atoms with Crippen molar-refractivity contribution < 1.29 is 14.0 Å². The van der Waals surface area contributed by atoms with E-state index >= 15 is 0 Å². The van der Waals surface area contributed by atoms with Gasteiger partial charge in [-0.15, -0.1) is 11.3 Å². The fourth-order valence-electron chi connectivity index (χ4n) is 3.50. The van der Waals surface area contributed by atoms with Crippen molar-refractivity contribution in [3.8, 4) is 0 Å². The Morgan fingerprint density at radius 2 is 1.73 bits per heavy atom. The number of urea groups is 1. The Hall–Kier alpha value is -3.72. The summed E-state index contributed by atoms with van der Waals surface area (Å²) in [6.45, 7) is 2.40. The van der Waals surface area contributed by atoms with Gasteiger partial charge in [0, 0.05) is 22.8 Å². The molecule has 2 heterocycles. The summed E-state index contributed by atoms with van der Waals surface area (Å²) in [5.41, 5.74) is 3.06. The molecule has 0 unspecified atom stereocenters. The van der Waals surface area contributed by atoms with Crippen molar-refractivity contribution in [2.75, 3.05) is 10.6 Å². The van der Waals surface area contributed by atoms with Gasteiger partial charge in [0.25, 0.3) is 5.91 Å². The van der Waals surface area contributed by atoms with Gasteiger partial charge in [-0.05, 0) is 67.8 Å². The zero-order valence-corrected chi connectivity index (χ0v) is 18.7. The molecule has 0 aliphatic heterocycles. The number of carbonyl (C=O) groups is 2. The van der Waals surface area contributed by atoms with Crippen LogP contribution in [0.2, 0.25) is 0 Å². The standard InChI is InChI=1S/C24H22FN5O2S/c1-14-20-12-21(33-23(20)30(29-14)13-15-2-4-16(25)5-3-15)22(31)26-17-6-8-18(9-7-17)27-24(32)28-19-10-11-19/h2-9,12,19H,10-11,13H2,1H3,(H,26,31)(H2,27,28,32). The summed E-state index contributed by atoms with van der Waals surface area (Å²) in [6, 6.07) is 15.2. The smallest absolute Gasteiger partial charge is 0.319 e. The maximum absolute atomic E-state index is 13.2. The third-order valence-electron chi connectivity index (χ3n) is 5.39. The second-order valence-electron chi connectivity index (χ2n) is 8.10. The van der Waals surface area contributed by atoms with Crippen LogP contribution in [0, 0.1) is 12.7 Å². The lowest BCUT2D eigenvalue weighted by Crippen LogP contribution is -2.30. The number of halogens is 1. The molecule has 0 spiro atoms. The minimum Gasteiger partial charge on any atom is -0.335 e. The number of benzene rings is 2. The molecule has 0 atom stereocenters. The number of nitrogens with one attached hydrogen (secondary N) is 3. The van der Waals surface area contributed by atoms with Crippen molar-refractivity contribution in [2.45, 2.75) is 32.4 Å². The number of anilines is 2. The van der Waals surface area contributed by atoms with Crippen molar-refractivity contribution in [3.05, 3.63) is 76.5 Å². The molecule has 1 saturated carbocycles. The second-order valence-corrected chi connectivity index (χ2v) is 9.13. The highest BCUT2D eigenvalue weighted by Gasteiger charge is 2.23. The zero-order valence-electron chi connectivity index (χ0n) is 17.9. The van der Waals surface area contributed by atoms with Crippen LogP contribution in [0.4, 0.5) is 20.6 Å². The quantitative estimate of drug-likeness (QED) is 0.370. The molecule has 33 heavy (non-hydrogen) atoms. The summed E-state index contributed by atoms with van der Waals surface area (Å²) in [7, 11) is 0. The molecule has 0 bridgehead atoms. The lowest BCUT2D eigenvalue weighted by atomic mass is 10.2. The van der Waals surface area contributed by atoms with Gasteiger partial charge in [-0.2, -0.15) is 5.10 Å². The largest absolute Gasteiger partial charge is 0.335 e. The molecule has 7 nitrogen and oxygen atoms in total. The maximum Gasteiger partial charge on any atom is 0.319 e. The van der Waals surface area contributed by atoms with E-state index in [2.05, 4.69) is 21.0 Å². The highest BCUT2D eigenvalue weighted by molar-refractivity contribution is 7.20. The summed E-state index contributed by atoms with van der Waals surface area (Å²) in [5.74, 6) is -0.489. The molecule has 3 amide bonds. The number of aromatic nitrogens is 2. The van der Waals surface area contributed by atoms with Crippen molar-refractivity contribution in [3.63, 3.8) is 0 Å². The average Bonchev–Trinajstić information content (AvgIpc) is 3.40. The van der Waals surface area contributed by atoms with E-state index in [4.69, 9.17) is 0 Å². The summed E-state index contributed by atoms with van der Waals surface area (Å²) in [4.78, 5) is 26.1. The molecule has 3 N–H and O–H groups in total. The van der Waals surface area contributed by atoms with E-state index in [-0.39, 0.29) is 23.8 Å². The molecule has 0 radical (unpaired) electrons.